The van der Waals surface area contributed by atoms with Crippen molar-refractivity contribution < 1.29 is 4.79 Å². The molecule has 0 aliphatic carbocycles. The van der Waals surface area contributed by atoms with E-state index in [1.165, 1.54) is 11.3 Å². The number of nitrogens with one attached hydrogen (secondary N) is 2. The second-order valence-corrected chi connectivity index (χ2v) is 5.21. The number of aromatic nitrogens is 2. The molecule has 100 valence electrons. The Balaban J connectivity index is 2.16. The Morgan fingerprint density at radius 1 is 1.42 bits per heavy atom. The van der Waals surface area contributed by atoms with Crippen LogP contribution in [-0.4, -0.2) is 22.6 Å². The predicted octanol–water partition coefficient (Wildman–Crippen LogP) is 3.18. The molecule has 0 aliphatic rings. The van der Waals surface area contributed by atoms with E-state index in [2.05, 4.69) is 20.8 Å². The highest BCUT2D eigenvalue weighted by Crippen LogP contribution is 2.26. The van der Waals surface area contributed by atoms with Gasteiger partial charge in [0.1, 0.15) is 0 Å². The minimum absolute atomic E-state index is 0.301. The molecule has 1 heterocycles. The molecule has 0 saturated heterocycles. The average Bonchev–Trinajstić information content (AvgIpc) is 2.83. The molecule has 2 aromatic rings. The third-order valence-electron chi connectivity index (χ3n) is 2.41. The zero-order valence-corrected chi connectivity index (χ0v) is 12.1. The predicted molar refractivity (Wildman–Crippen MR) is 78.2 cm³/mol. The molecule has 1 aromatic carbocycles. The van der Waals surface area contributed by atoms with Crippen LogP contribution in [0.5, 0.6) is 0 Å². The van der Waals surface area contributed by atoms with Crippen LogP contribution in [0.4, 0.5) is 10.8 Å². The summed E-state index contributed by atoms with van der Waals surface area (Å²) in [4.78, 5) is 12.0. The van der Waals surface area contributed by atoms with E-state index < -0.39 is 0 Å². The standard InChI is InChI=1S/C12H13ClN4OS/c1-3-14-12-17-16-11(19-12)10(18)15-9-7(2)5-4-6-8(9)13/h4-6H,3H2,1-2H3,(H,14,17)(H,15,18). The monoisotopic (exact) mass is 296 g/mol. The third kappa shape index (κ3) is 3.21. The number of nitrogens with zero attached hydrogens (tertiary/aromatic N) is 2. The van der Waals surface area contributed by atoms with Crippen LogP contribution in [0.2, 0.25) is 5.02 Å². The number of hydrogen-bond acceptors (Lipinski definition) is 5. The third-order valence-corrected chi connectivity index (χ3v) is 3.60. The minimum atomic E-state index is -0.308. The SMILES string of the molecule is CCNc1nnc(C(=O)Nc2c(C)cccc2Cl)s1. The summed E-state index contributed by atoms with van der Waals surface area (Å²) >= 11 is 7.26. The zero-order valence-electron chi connectivity index (χ0n) is 10.5. The van der Waals surface area contributed by atoms with E-state index in [1.54, 1.807) is 6.07 Å². The van der Waals surface area contributed by atoms with E-state index in [9.17, 15) is 4.79 Å². The van der Waals surface area contributed by atoms with Crippen LogP contribution >= 0.6 is 22.9 Å². The van der Waals surface area contributed by atoms with Gasteiger partial charge in [-0.1, -0.05) is 35.1 Å². The lowest BCUT2D eigenvalue weighted by molar-refractivity contribution is 0.102. The molecule has 0 spiro atoms. The minimum Gasteiger partial charge on any atom is -0.360 e. The van der Waals surface area contributed by atoms with Crippen LogP contribution in [0.15, 0.2) is 18.2 Å². The van der Waals surface area contributed by atoms with Gasteiger partial charge in [-0.3, -0.25) is 4.79 Å². The van der Waals surface area contributed by atoms with Crippen molar-refractivity contribution in [2.24, 2.45) is 0 Å². The summed E-state index contributed by atoms with van der Waals surface area (Å²) < 4.78 is 0. The van der Waals surface area contributed by atoms with Crippen LogP contribution < -0.4 is 10.6 Å². The number of rotatable bonds is 4. The fourth-order valence-corrected chi connectivity index (χ4v) is 2.47. The van der Waals surface area contributed by atoms with Gasteiger partial charge in [-0.2, -0.15) is 0 Å². The maximum atomic E-state index is 12.0. The molecule has 2 rings (SSSR count). The summed E-state index contributed by atoms with van der Waals surface area (Å²) in [6.45, 7) is 4.57. The molecule has 0 unspecified atom stereocenters. The molecule has 0 atom stereocenters. The van der Waals surface area contributed by atoms with Crippen molar-refractivity contribution in [3.63, 3.8) is 0 Å². The molecule has 0 fully saturated rings. The normalized spacial score (nSPS) is 10.3. The number of carbonyl (C=O) groups excluding carboxylic acids is 1. The Labute approximate surface area is 120 Å². The van der Waals surface area contributed by atoms with E-state index in [0.717, 1.165) is 12.1 Å². The molecular formula is C12H13ClN4OS. The maximum absolute atomic E-state index is 12.0. The highest BCUT2D eigenvalue weighted by molar-refractivity contribution is 7.17. The van der Waals surface area contributed by atoms with Gasteiger partial charge in [0.05, 0.1) is 10.7 Å². The number of anilines is 2. The number of amides is 1. The Hall–Kier alpha value is -1.66. The first-order valence-corrected chi connectivity index (χ1v) is 6.95. The van der Waals surface area contributed by atoms with Gasteiger partial charge in [0, 0.05) is 6.54 Å². The van der Waals surface area contributed by atoms with Crippen LogP contribution in [0.3, 0.4) is 0 Å². The van der Waals surface area contributed by atoms with E-state index >= 15 is 0 Å². The van der Waals surface area contributed by atoms with Gasteiger partial charge in [-0.05, 0) is 25.5 Å². The van der Waals surface area contributed by atoms with Crippen molar-refractivity contribution >= 4 is 39.7 Å². The second kappa shape index (κ2) is 5.99. The Kier molecular flexibility index (Phi) is 4.34. The fraction of sp³-hybridized carbons (Fsp3) is 0.250. The first-order valence-electron chi connectivity index (χ1n) is 5.75. The molecule has 0 bridgehead atoms. The first kappa shape index (κ1) is 13.8. The second-order valence-electron chi connectivity index (χ2n) is 3.83. The van der Waals surface area contributed by atoms with Gasteiger partial charge >= 0.3 is 0 Å². The lowest BCUT2D eigenvalue weighted by Gasteiger charge is -2.08. The van der Waals surface area contributed by atoms with Gasteiger partial charge in [-0.15, -0.1) is 10.2 Å². The quantitative estimate of drug-likeness (QED) is 0.909. The van der Waals surface area contributed by atoms with Gasteiger partial charge in [-0.25, -0.2) is 0 Å². The van der Waals surface area contributed by atoms with E-state index in [0.29, 0.717) is 20.8 Å². The summed E-state index contributed by atoms with van der Waals surface area (Å²) in [6.07, 6.45) is 0. The first-order chi connectivity index (χ1) is 9.11. The van der Waals surface area contributed by atoms with Crippen molar-refractivity contribution in [2.45, 2.75) is 13.8 Å². The molecule has 19 heavy (non-hydrogen) atoms. The van der Waals surface area contributed by atoms with E-state index in [1.807, 2.05) is 26.0 Å². The fourth-order valence-electron chi connectivity index (χ4n) is 1.49. The Bertz CT molecular complexity index is 579. The molecule has 7 heteroatoms. The Morgan fingerprint density at radius 2 is 2.21 bits per heavy atom. The van der Waals surface area contributed by atoms with Crippen LogP contribution in [-0.2, 0) is 0 Å². The van der Waals surface area contributed by atoms with Crippen molar-refractivity contribution in [1.82, 2.24) is 10.2 Å². The van der Waals surface area contributed by atoms with E-state index in [-0.39, 0.29) is 5.91 Å². The van der Waals surface area contributed by atoms with Crippen LogP contribution in [0.25, 0.3) is 0 Å². The molecule has 1 aromatic heterocycles. The highest BCUT2D eigenvalue weighted by Gasteiger charge is 2.15. The van der Waals surface area contributed by atoms with Crippen molar-refractivity contribution in [3.8, 4) is 0 Å². The summed E-state index contributed by atoms with van der Waals surface area (Å²) in [5.74, 6) is -0.308. The lowest BCUT2D eigenvalue weighted by Crippen LogP contribution is -2.12. The van der Waals surface area contributed by atoms with Gasteiger partial charge in [0.2, 0.25) is 10.1 Å². The van der Waals surface area contributed by atoms with E-state index in [4.69, 9.17) is 11.6 Å². The largest absolute Gasteiger partial charge is 0.360 e. The maximum Gasteiger partial charge on any atom is 0.286 e. The van der Waals surface area contributed by atoms with Gasteiger partial charge in [0.25, 0.3) is 5.91 Å². The smallest absolute Gasteiger partial charge is 0.286 e. The molecule has 2 N–H and O–H groups in total. The summed E-state index contributed by atoms with van der Waals surface area (Å²) in [7, 11) is 0. The average molecular weight is 297 g/mol. The van der Waals surface area contributed by atoms with Crippen molar-refractivity contribution in [2.75, 3.05) is 17.2 Å². The lowest BCUT2D eigenvalue weighted by atomic mass is 10.2. The van der Waals surface area contributed by atoms with Crippen LogP contribution in [0, 0.1) is 6.92 Å². The van der Waals surface area contributed by atoms with Crippen molar-refractivity contribution in [3.05, 3.63) is 33.8 Å². The Morgan fingerprint density at radius 3 is 2.89 bits per heavy atom. The summed E-state index contributed by atoms with van der Waals surface area (Å²) in [5, 5.41) is 14.9. The molecule has 0 saturated carbocycles. The van der Waals surface area contributed by atoms with Crippen LogP contribution in [0.1, 0.15) is 22.3 Å². The zero-order chi connectivity index (χ0) is 13.8. The summed E-state index contributed by atoms with van der Waals surface area (Å²) in [5.41, 5.74) is 1.51. The molecule has 5 nitrogen and oxygen atoms in total. The molecule has 0 aliphatic heterocycles. The number of benzene rings is 1. The van der Waals surface area contributed by atoms with Gasteiger partial charge in [0.15, 0.2) is 0 Å². The molecular weight excluding hydrogens is 284 g/mol. The summed E-state index contributed by atoms with van der Waals surface area (Å²) in [6, 6.07) is 5.45. The number of aryl methyl sites for hydroxylation is 1. The number of hydrogen-bond donors (Lipinski definition) is 2. The number of carbonyl (C=O) groups is 1. The molecule has 0 radical (unpaired) electrons. The topological polar surface area (TPSA) is 66.9 Å². The van der Waals surface area contributed by atoms with Crippen molar-refractivity contribution in [1.29, 1.82) is 0 Å². The number of para-hydroxylation sites is 1. The number of halogens is 1. The molecule has 1 amide bonds. The van der Waals surface area contributed by atoms with Gasteiger partial charge < -0.3 is 10.6 Å². The highest BCUT2D eigenvalue weighted by atomic mass is 35.5.